The van der Waals surface area contributed by atoms with Crippen molar-refractivity contribution in [3.63, 3.8) is 0 Å². The molecule has 0 spiro atoms. The largest absolute Gasteiger partial charge is 0.508 e. The van der Waals surface area contributed by atoms with E-state index in [1.807, 2.05) is 18.2 Å². The normalized spacial score (nSPS) is 9.85. The first-order valence-electron chi connectivity index (χ1n) is 3.92. The van der Waals surface area contributed by atoms with Crippen molar-refractivity contribution in [3.8, 4) is 16.9 Å². The Balaban J connectivity index is 2.42. The van der Waals surface area contributed by atoms with Crippen LogP contribution in [0.2, 0.25) is 0 Å². The van der Waals surface area contributed by atoms with E-state index in [1.165, 1.54) is 0 Å². The van der Waals surface area contributed by atoms with Crippen LogP contribution in [0.4, 0.5) is 0 Å². The summed E-state index contributed by atoms with van der Waals surface area (Å²) >= 11 is 0. The number of hydrogen-bond donors (Lipinski definition) is 1. The predicted molar refractivity (Wildman–Crippen MR) is 49.1 cm³/mol. The maximum atomic E-state index is 9.08. The Hall–Kier alpha value is -1.90. The molecule has 2 rings (SSSR count). The third kappa shape index (κ3) is 1.64. The van der Waals surface area contributed by atoms with Gasteiger partial charge < -0.3 is 5.11 Å². The van der Waals surface area contributed by atoms with Crippen LogP contribution in [-0.4, -0.2) is 15.3 Å². The molecule has 13 heavy (non-hydrogen) atoms. The van der Waals surface area contributed by atoms with Crippen molar-refractivity contribution in [3.05, 3.63) is 42.7 Å². The Kier molecular flexibility index (Phi) is 1.92. The Morgan fingerprint density at radius 2 is 1.62 bits per heavy atom. The van der Waals surface area contributed by atoms with Crippen LogP contribution < -0.4 is 0 Å². The number of rotatable bonds is 1. The summed E-state index contributed by atoms with van der Waals surface area (Å²) in [5.41, 5.74) is 2.02. The van der Waals surface area contributed by atoms with E-state index in [0.29, 0.717) is 0 Å². The maximum Gasteiger partial charge on any atom is 0.115 e. The average molecular weight is 172 g/mol. The average Bonchev–Trinajstić information content (AvgIpc) is 2.20. The fraction of sp³-hybridized carbons (Fsp3) is 0. The van der Waals surface area contributed by atoms with Crippen LogP contribution in [0.5, 0.6) is 5.75 Å². The van der Waals surface area contributed by atoms with Crippen molar-refractivity contribution in [2.75, 3.05) is 0 Å². The summed E-state index contributed by atoms with van der Waals surface area (Å²) in [6.07, 6.45) is 3.33. The number of phenols is 1. The lowest BCUT2D eigenvalue weighted by Gasteiger charge is -1.99. The van der Waals surface area contributed by atoms with Crippen LogP contribution in [-0.2, 0) is 0 Å². The van der Waals surface area contributed by atoms with Crippen molar-refractivity contribution < 1.29 is 5.11 Å². The van der Waals surface area contributed by atoms with E-state index in [4.69, 9.17) is 5.11 Å². The quantitative estimate of drug-likeness (QED) is 0.714. The number of hydrogen-bond acceptors (Lipinski definition) is 3. The van der Waals surface area contributed by atoms with Crippen LogP contribution >= 0.6 is 0 Å². The van der Waals surface area contributed by atoms with Gasteiger partial charge in [-0.2, -0.15) is 10.2 Å². The lowest BCUT2D eigenvalue weighted by Crippen LogP contribution is -1.81. The highest BCUT2D eigenvalue weighted by atomic mass is 16.3. The van der Waals surface area contributed by atoms with Crippen LogP contribution in [0, 0.1) is 0 Å². The maximum absolute atomic E-state index is 9.08. The van der Waals surface area contributed by atoms with Gasteiger partial charge in [0, 0.05) is 5.56 Å². The highest BCUT2D eigenvalue weighted by Crippen LogP contribution is 2.19. The standard InChI is InChI=1S/C10H8N2O/c13-10-3-1-8(2-4-10)9-5-6-11-12-7-9/h1-7,13H. The number of aromatic hydroxyl groups is 1. The van der Waals surface area contributed by atoms with Crippen molar-refractivity contribution in [1.29, 1.82) is 0 Å². The van der Waals surface area contributed by atoms with E-state index in [1.54, 1.807) is 24.5 Å². The topological polar surface area (TPSA) is 46.0 Å². The fourth-order valence-electron chi connectivity index (χ4n) is 1.12. The molecule has 0 aliphatic rings. The van der Waals surface area contributed by atoms with Gasteiger partial charge in [0.25, 0.3) is 0 Å². The molecule has 0 saturated heterocycles. The molecule has 1 N–H and O–H groups in total. The molecule has 0 bridgehead atoms. The molecule has 64 valence electrons. The molecule has 0 aliphatic heterocycles. The van der Waals surface area contributed by atoms with Gasteiger partial charge in [-0.05, 0) is 23.8 Å². The molecule has 0 amide bonds. The highest BCUT2D eigenvalue weighted by Gasteiger charge is 1.96. The van der Waals surface area contributed by atoms with Crippen LogP contribution in [0.3, 0.4) is 0 Å². The highest BCUT2D eigenvalue weighted by molar-refractivity contribution is 5.62. The molecule has 0 fully saturated rings. The Bertz CT molecular complexity index is 383. The van der Waals surface area contributed by atoms with E-state index >= 15 is 0 Å². The van der Waals surface area contributed by atoms with Gasteiger partial charge in [-0.15, -0.1) is 0 Å². The Morgan fingerprint density at radius 1 is 0.846 bits per heavy atom. The minimum atomic E-state index is 0.269. The lowest BCUT2D eigenvalue weighted by atomic mass is 10.1. The molecule has 1 heterocycles. The molecule has 1 aromatic carbocycles. The zero-order valence-electron chi connectivity index (χ0n) is 6.88. The zero-order chi connectivity index (χ0) is 9.10. The molecule has 1 aromatic heterocycles. The summed E-state index contributed by atoms with van der Waals surface area (Å²) in [7, 11) is 0. The second-order valence-electron chi connectivity index (χ2n) is 2.68. The minimum Gasteiger partial charge on any atom is -0.508 e. The third-order valence-electron chi connectivity index (χ3n) is 1.78. The number of benzene rings is 1. The van der Waals surface area contributed by atoms with Gasteiger partial charge >= 0.3 is 0 Å². The number of aromatic nitrogens is 2. The van der Waals surface area contributed by atoms with E-state index in [0.717, 1.165) is 11.1 Å². The summed E-state index contributed by atoms with van der Waals surface area (Å²) in [6, 6.07) is 8.85. The first kappa shape index (κ1) is 7.73. The van der Waals surface area contributed by atoms with Crippen molar-refractivity contribution >= 4 is 0 Å². The Labute approximate surface area is 75.7 Å². The smallest absolute Gasteiger partial charge is 0.115 e. The Morgan fingerprint density at radius 3 is 2.23 bits per heavy atom. The molecule has 0 aliphatic carbocycles. The van der Waals surface area contributed by atoms with Gasteiger partial charge in [0.15, 0.2) is 0 Å². The van der Waals surface area contributed by atoms with Crippen molar-refractivity contribution in [2.24, 2.45) is 0 Å². The molecular weight excluding hydrogens is 164 g/mol. The molecular formula is C10H8N2O. The first-order valence-corrected chi connectivity index (χ1v) is 3.92. The molecule has 0 atom stereocenters. The summed E-state index contributed by atoms with van der Waals surface area (Å²) in [5.74, 6) is 0.269. The van der Waals surface area contributed by atoms with Gasteiger partial charge in [-0.1, -0.05) is 12.1 Å². The number of phenolic OH excluding ortho intramolecular Hbond substituents is 1. The minimum absolute atomic E-state index is 0.269. The summed E-state index contributed by atoms with van der Waals surface area (Å²) < 4.78 is 0. The molecule has 3 nitrogen and oxygen atoms in total. The van der Waals surface area contributed by atoms with Gasteiger partial charge in [-0.25, -0.2) is 0 Å². The SMILES string of the molecule is Oc1ccc(-c2ccnnc2)cc1. The van der Waals surface area contributed by atoms with Crippen LogP contribution in [0.15, 0.2) is 42.7 Å². The second kappa shape index (κ2) is 3.23. The van der Waals surface area contributed by atoms with Gasteiger partial charge in [0.2, 0.25) is 0 Å². The van der Waals surface area contributed by atoms with E-state index in [2.05, 4.69) is 10.2 Å². The fourth-order valence-corrected chi connectivity index (χ4v) is 1.12. The van der Waals surface area contributed by atoms with Gasteiger partial charge in [0.05, 0.1) is 12.4 Å². The lowest BCUT2D eigenvalue weighted by molar-refractivity contribution is 0.475. The molecule has 0 radical (unpaired) electrons. The molecule has 3 heteroatoms. The van der Waals surface area contributed by atoms with Crippen LogP contribution in [0.25, 0.3) is 11.1 Å². The van der Waals surface area contributed by atoms with Gasteiger partial charge in [0.1, 0.15) is 5.75 Å². The van der Waals surface area contributed by atoms with E-state index in [-0.39, 0.29) is 5.75 Å². The summed E-state index contributed by atoms with van der Waals surface area (Å²) in [4.78, 5) is 0. The second-order valence-corrected chi connectivity index (χ2v) is 2.68. The van der Waals surface area contributed by atoms with Crippen LogP contribution in [0.1, 0.15) is 0 Å². The summed E-state index contributed by atoms with van der Waals surface area (Å²) in [6.45, 7) is 0. The molecule has 0 saturated carbocycles. The van der Waals surface area contributed by atoms with Crippen molar-refractivity contribution in [1.82, 2.24) is 10.2 Å². The van der Waals surface area contributed by atoms with E-state index < -0.39 is 0 Å². The molecule has 0 unspecified atom stereocenters. The zero-order valence-corrected chi connectivity index (χ0v) is 6.88. The van der Waals surface area contributed by atoms with Crippen molar-refractivity contribution in [2.45, 2.75) is 0 Å². The monoisotopic (exact) mass is 172 g/mol. The van der Waals surface area contributed by atoms with E-state index in [9.17, 15) is 0 Å². The summed E-state index contributed by atoms with van der Waals surface area (Å²) in [5, 5.41) is 16.5. The molecule has 2 aromatic rings. The van der Waals surface area contributed by atoms with Gasteiger partial charge in [-0.3, -0.25) is 0 Å². The predicted octanol–water partition coefficient (Wildman–Crippen LogP) is 1.85. The first-order chi connectivity index (χ1) is 6.36. The third-order valence-corrected chi connectivity index (χ3v) is 1.78. The number of nitrogens with zero attached hydrogens (tertiary/aromatic N) is 2.